The Hall–Kier alpha value is -1.16. The van der Waals surface area contributed by atoms with E-state index in [0.717, 1.165) is 57.8 Å². The van der Waals surface area contributed by atoms with Gasteiger partial charge in [0.05, 0.1) is 18.1 Å². The first kappa shape index (κ1) is 26.4. The van der Waals surface area contributed by atoms with Crippen molar-refractivity contribution in [2.45, 2.75) is 119 Å². The van der Waals surface area contributed by atoms with Crippen LogP contribution in [0.3, 0.4) is 0 Å². The van der Waals surface area contributed by atoms with Crippen molar-refractivity contribution in [2.24, 2.45) is 50.2 Å². The van der Waals surface area contributed by atoms with Crippen LogP contribution >= 0.6 is 0 Å². The number of rotatable bonds is 2. The highest BCUT2D eigenvalue weighted by Crippen LogP contribution is 2.75. The van der Waals surface area contributed by atoms with Gasteiger partial charge in [0.2, 0.25) is 0 Å². The van der Waals surface area contributed by atoms with Crippen molar-refractivity contribution in [3.8, 4) is 0 Å². The van der Waals surface area contributed by atoms with Gasteiger partial charge in [0.1, 0.15) is 0 Å². The van der Waals surface area contributed by atoms with E-state index >= 15 is 0 Å². The summed E-state index contributed by atoms with van der Waals surface area (Å²) in [6.45, 7) is 18.5. The fraction of sp³-hybridized carbons (Fsp3) is 0.875. The molecule has 1 N–H and O–H groups in total. The predicted octanol–water partition coefficient (Wildman–Crippen LogP) is 6.89. The number of carbonyl (C=O) groups excluding carboxylic acids is 2. The van der Waals surface area contributed by atoms with E-state index in [-0.39, 0.29) is 51.0 Å². The third-order valence-corrected chi connectivity index (χ3v) is 13.3. The lowest BCUT2D eigenvalue weighted by Crippen LogP contribution is -2.66. The summed E-state index contributed by atoms with van der Waals surface area (Å²) in [4.78, 5) is 27.4. The Labute approximate surface area is 219 Å². The second-order valence-electron chi connectivity index (χ2n) is 15.3. The summed E-state index contributed by atoms with van der Waals surface area (Å²) in [7, 11) is 0. The van der Waals surface area contributed by atoms with Gasteiger partial charge < -0.3 is 9.84 Å². The Morgan fingerprint density at radius 3 is 2.31 bits per heavy atom. The molecule has 9 atom stereocenters. The van der Waals surface area contributed by atoms with Crippen LogP contribution in [0, 0.1) is 50.2 Å². The lowest BCUT2D eigenvalue weighted by Gasteiger charge is -2.70. The Morgan fingerprint density at radius 1 is 0.972 bits per heavy atom. The fourth-order valence-electron chi connectivity index (χ4n) is 10.7. The zero-order valence-corrected chi connectivity index (χ0v) is 24.1. The maximum atomic E-state index is 14.3. The molecule has 0 aromatic heterocycles. The molecule has 0 aromatic carbocycles. The Morgan fingerprint density at radius 2 is 1.64 bits per heavy atom. The predicted molar refractivity (Wildman–Crippen MR) is 142 cm³/mol. The SMILES string of the molecule is CCOC(=O)[C@@]1(C)CC[C@]2(C)CC[C@]3(C)C(=CC(=O)[C@@H]4[C@@]5(C)CC[C@H](O)C(C)(C)C5CC[C@]43C)[C@H]2C1. The van der Waals surface area contributed by atoms with Gasteiger partial charge in [-0.1, -0.05) is 47.1 Å². The zero-order valence-electron chi connectivity index (χ0n) is 24.1. The fourth-order valence-corrected chi connectivity index (χ4v) is 10.7. The van der Waals surface area contributed by atoms with Crippen LogP contribution in [0.5, 0.6) is 0 Å². The topological polar surface area (TPSA) is 63.6 Å². The molecule has 0 bridgehead atoms. The molecule has 0 aliphatic heterocycles. The molecule has 5 aliphatic carbocycles. The molecule has 0 saturated heterocycles. The molecule has 202 valence electrons. The minimum absolute atomic E-state index is 0.00587. The van der Waals surface area contributed by atoms with Gasteiger partial charge in [0.25, 0.3) is 0 Å². The Bertz CT molecular complexity index is 996. The van der Waals surface area contributed by atoms with Gasteiger partial charge in [-0.15, -0.1) is 0 Å². The summed E-state index contributed by atoms with van der Waals surface area (Å²) >= 11 is 0. The zero-order chi connectivity index (χ0) is 26.5. The molecule has 36 heavy (non-hydrogen) atoms. The van der Waals surface area contributed by atoms with Crippen molar-refractivity contribution >= 4 is 11.8 Å². The summed E-state index contributed by atoms with van der Waals surface area (Å²) in [5.74, 6) is 0.842. The van der Waals surface area contributed by atoms with Crippen LogP contribution < -0.4 is 0 Å². The van der Waals surface area contributed by atoms with Crippen LogP contribution in [0.4, 0.5) is 0 Å². The first-order chi connectivity index (χ1) is 16.6. The van der Waals surface area contributed by atoms with Crippen LogP contribution in [-0.2, 0) is 14.3 Å². The smallest absolute Gasteiger partial charge is 0.311 e. The standard InChI is InChI=1S/C32H50O4/c1-9-36-26(35)29(5)15-14-28(4)16-17-31(7)20(21(28)19-29)18-22(33)25-30(6)12-11-24(34)27(2,3)23(30)10-13-32(25,31)8/h18,21,23-25,34H,9-17,19H2,1-8H3/t21-,23?,24+,25-,28-,29+,30+,31-,32-/m1/s1. The molecule has 5 rings (SSSR count). The van der Waals surface area contributed by atoms with Gasteiger partial charge in [-0.3, -0.25) is 9.59 Å². The molecule has 0 amide bonds. The maximum Gasteiger partial charge on any atom is 0.311 e. The van der Waals surface area contributed by atoms with E-state index in [1.807, 2.05) is 6.92 Å². The second-order valence-corrected chi connectivity index (χ2v) is 15.3. The molecule has 0 spiro atoms. The summed E-state index contributed by atoms with van der Waals surface area (Å²) in [6, 6.07) is 0. The summed E-state index contributed by atoms with van der Waals surface area (Å²) < 4.78 is 5.54. The Kier molecular flexibility index (Phi) is 5.83. The van der Waals surface area contributed by atoms with Crippen molar-refractivity contribution in [2.75, 3.05) is 6.61 Å². The maximum absolute atomic E-state index is 14.3. The molecule has 1 unspecified atom stereocenters. The monoisotopic (exact) mass is 498 g/mol. The number of carbonyl (C=O) groups is 2. The molecule has 0 heterocycles. The molecule has 4 nitrogen and oxygen atoms in total. The van der Waals surface area contributed by atoms with E-state index in [1.54, 1.807) is 0 Å². The van der Waals surface area contributed by atoms with Crippen LogP contribution in [0.1, 0.15) is 113 Å². The first-order valence-corrected chi connectivity index (χ1v) is 14.7. The Balaban J connectivity index is 1.59. The third kappa shape index (κ3) is 3.21. The quantitative estimate of drug-likeness (QED) is 0.421. The minimum Gasteiger partial charge on any atom is -0.466 e. The molecule has 4 saturated carbocycles. The van der Waals surface area contributed by atoms with Crippen molar-refractivity contribution in [1.29, 1.82) is 0 Å². The molecule has 0 aromatic rings. The lowest BCUT2D eigenvalue weighted by atomic mass is 9.33. The normalized spacial score (nSPS) is 51.7. The molecule has 4 heteroatoms. The molecule has 0 radical (unpaired) electrons. The van der Waals surface area contributed by atoms with Crippen LogP contribution in [0.25, 0.3) is 0 Å². The average molecular weight is 499 g/mol. The van der Waals surface area contributed by atoms with Gasteiger partial charge in [0.15, 0.2) is 5.78 Å². The van der Waals surface area contributed by atoms with E-state index < -0.39 is 5.41 Å². The highest BCUT2D eigenvalue weighted by atomic mass is 16.5. The number of esters is 1. The average Bonchev–Trinajstić information content (AvgIpc) is 2.79. The highest BCUT2D eigenvalue weighted by molar-refractivity contribution is 5.95. The minimum atomic E-state index is -0.479. The van der Waals surface area contributed by atoms with Crippen molar-refractivity contribution < 1.29 is 19.4 Å². The second kappa shape index (κ2) is 7.93. The van der Waals surface area contributed by atoms with E-state index in [9.17, 15) is 14.7 Å². The number of hydrogen-bond acceptors (Lipinski definition) is 4. The number of fused-ring (bicyclic) bond motifs is 7. The summed E-state index contributed by atoms with van der Waals surface area (Å²) in [5.41, 5.74) is 0.590. The summed E-state index contributed by atoms with van der Waals surface area (Å²) in [6.07, 6.45) is 10.6. The molecular weight excluding hydrogens is 448 g/mol. The number of ether oxygens (including phenoxy) is 1. The number of aliphatic hydroxyl groups is 1. The number of hydrogen-bond donors (Lipinski definition) is 1. The van der Waals surface area contributed by atoms with E-state index in [0.29, 0.717) is 18.3 Å². The van der Waals surface area contributed by atoms with Crippen LogP contribution in [0.15, 0.2) is 11.6 Å². The van der Waals surface area contributed by atoms with E-state index in [1.165, 1.54) is 5.57 Å². The first-order valence-electron chi connectivity index (χ1n) is 14.7. The van der Waals surface area contributed by atoms with Crippen molar-refractivity contribution in [3.05, 3.63) is 11.6 Å². The van der Waals surface area contributed by atoms with Gasteiger partial charge in [0, 0.05) is 5.92 Å². The van der Waals surface area contributed by atoms with Crippen LogP contribution in [-0.4, -0.2) is 29.6 Å². The lowest BCUT2D eigenvalue weighted by molar-refractivity contribution is -0.202. The third-order valence-electron chi connectivity index (χ3n) is 13.3. The number of allylic oxidation sites excluding steroid dienone is 2. The largest absolute Gasteiger partial charge is 0.466 e. The number of aliphatic hydroxyl groups excluding tert-OH is 1. The van der Waals surface area contributed by atoms with E-state index in [4.69, 9.17) is 4.74 Å². The van der Waals surface area contributed by atoms with Gasteiger partial charge >= 0.3 is 5.97 Å². The van der Waals surface area contributed by atoms with Gasteiger partial charge in [-0.25, -0.2) is 0 Å². The molecule has 4 fully saturated rings. The van der Waals surface area contributed by atoms with Crippen molar-refractivity contribution in [3.63, 3.8) is 0 Å². The molecule has 5 aliphatic rings. The van der Waals surface area contributed by atoms with E-state index in [2.05, 4.69) is 54.5 Å². The van der Waals surface area contributed by atoms with Gasteiger partial charge in [-0.2, -0.15) is 0 Å². The van der Waals surface area contributed by atoms with Crippen molar-refractivity contribution in [1.82, 2.24) is 0 Å². The van der Waals surface area contributed by atoms with Gasteiger partial charge in [-0.05, 0) is 117 Å². The highest BCUT2D eigenvalue weighted by Gasteiger charge is 2.70. The summed E-state index contributed by atoms with van der Waals surface area (Å²) in [5, 5.41) is 10.9. The van der Waals surface area contributed by atoms with Crippen LogP contribution in [0.2, 0.25) is 0 Å². The number of ketones is 1. The molecular formula is C32H50O4.